The Morgan fingerprint density at radius 1 is 1.40 bits per heavy atom. The zero-order valence-corrected chi connectivity index (χ0v) is 10.2. The third kappa shape index (κ3) is 6.88. The molecule has 1 saturated heterocycles. The molecule has 2 N–H and O–H groups in total. The first-order valence-electron chi connectivity index (χ1n) is 6.34. The van der Waals surface area contributed by atoms with Gasteiger partial charge in [0.05, 0.1) is 6.10 Å². The molecule has 1 fully saturated rings. The minimum atomic E-state index is 0.366. The fraction of sp³-hybridized carbons (Fsp3) is 1.00. The van der Waals surface area contributed by atoms with Crippen molar-refractivity contribution in [1.29, 1.82) is 0 Å². The van der Waals surface area contributed by atoms with Gasteiger partial charge in [-0.2, -0.15) is 0 Å². The lowest BCUT2D eigenvalue weighted by Crippen LogP contribution is -2.42. The Kier molecular flexibility index (Phi) is 6.98. The summed E-state index contributed by atoms with van der Waals surface area (Å²) in [5, 5.41) is 7.02. The summed E-state index contributed by atoms with van der Waals surface area (Å²) >= 11 is 0. The van der Waals surface area contributed by atoms with Crippen molar-refractivity contribution >= 4 is 0 Å². The molecule has 0 saturated carbocycles. The van der Waals surface area contributed by atoms with Crippen molar-refractivity contribution in [2.24, 2.45) is 0 Å². The molecule has 3 nitrogen and oxygen atoms in total. The summed E-state index contributed by atoms with van der Waals surface area (Å²) in [6, 6.07) is 0.699. The lowest BCUT2D eigenvalue weighted by atomic mass is 10.1. The van der Waals surface area contributed by atoms with Gasteiger partial charge in [0.25, 0.3) is 0 Å². The molecule has 1 atom stereocenters. The lowest BCUT2D eigenvalue weighted by molar-refractivity contribution is 0.0770. The third-order valence-corrected chi connectivity index (χ3v) is 2.75. The van der Waals surface area contributed by atoms with E-state index in [1.807, 2.05) is 0 Å². The molecule has 0 aliphatic carbocycles. The number of piperidine rings is 1. The van der Waals surface area contributed by atoms with Crippen LogP contribution >= 0.6 is 0 Å². The summed E-state index contributed by atoms with van der Waals surface area (Å²) < 4.78 is 5.48. The van der Waals surface area contributed by atoms with Crippen molar-refractivity contribution in [3.05, 3.63) is 0 Å². The van der Waals surface area contributed by atoms with Gasteiger partial charge >= 0.3 is 0 Å². The fourth-order valence-corrected chi connectivity index (χ4v) is 1.89. The Hall–Kier alpha value is -0.120. The van der Waals surface area contributed by atoms with E-state index in [0.29, 0.717) is 12.1 Å². The van der Waals surface area contributed by atoms with Crippen molar-refractivity contribution in [2.45, 2.75) is 51.7 Å². The Morgan fingerprint density at radius 2 is 2.27 bits per heavy atom. The van der Waals surface area contributed by atoms with Crippen LogP contribution in [0.1, 0.15) is 39.5 Å². The summed E-state index contributed by atoms with van der Waals surface area (Å²) in [6.45, 7) is 8.43. The molecule has 90 valence electrons. The van der Waals surface area contributed by atoms with Crippen LogP contribution in [-0.4, -0.2) is 38.4 Å². The van der Waals surface area contributed by atoms with Crippen molar-refractivity contribution in [1.82, 2.24) is 10.6 Å². The topological polar surface area (TPSA) is 33.3 Å². The maximum absolute atomic E-state index is 5.48. The molecule has 1 rings (SSSR count). The molecule has 3 heteroatoms. The minimum Gasteiger partial charge on any atom is -0.379 e. The molecule has 0 aromatic rings. The molecule has 1 unspecified atom stereocenters. The first-order chi connectivity index (χ1) is 7.29. The predicted octanol–water partition coefficient (Wildman–Crippen LogP) is 1.53. The molecule has 1 aliphatic heterocycles. The lowest BCUT2D eigenvalue weighted by Gasteiger charge is -2.23. The number of hydrogen-bond acceptors (Lipinski definition) is 3. The van der Waals surface area contributed by atoms with Crippen LogP contribution < -0.4 is 10.6 Å². The molecular formula is C12H26N2O. The van der Waals surface area contributed by atoms with Crippen LogP contribution in [0, 0.1) is 0 Å². The standard InChI is InChI=1S/C12H26N2O/c1-11(2)15-9-5-7-13-10-12-6-3-4-8-14-12/h11-14H,3-10H2,1-2H3. The van der Waals surface area contributed by atoms with Crippen LogP contribution in [0.2, 0.25) is 0 Å². The van der Waals surface area contributed by atoms with E-state index in [9.17, 15) is 0 Å². The highest BCUT2D eigenvalue weighted by Crippen LogP contribution is 2.05. The first-order valence-corrected chi connectivity index (χ1v) is 6.34. The molecular weight excluding hydrogens is 188 g/mol. The molecule has 0 aromatic carbocycles. The van der Waals surface area contributed by atoms with E-state index in [2.05, 4.69) is 24.5 Å². The van der Waals surface area contributed by atoms with Gasteiger partial charge < -0.3 is 15.4 Å². The SMILES string of the molecule is CC(C)OCCCNCC1CCCCN1. The van der Waals surface area contributed by atoms with Crippen LogP contribution in [0.5, 0.6) is 0 Å². The van der Waals surface area contributed by atoms with Crippen LogP contribution in [0.25, 0.3) is 0 Å². The number of rotatable bonds is 7. The summed E-state index contributed by atoms with van der Waals surface area (Å²) in [5.74, 6) is 0. The highest BCUT2D eigenvalue weighted by molar-refractivity contribution is 4.73. The zero-order valence-electron chi connectivity index (χ0n) is 10.2. The van der Waals surface area contributed by atoms with Gasteiger partial charge in [-0.15, -0.1) is 0 Å². The monoisotopic (exact) mass is 214 g/mol. The van der Waals surface area contributed by atoms with Crippen molar-refractivity contribution in [3.8, 4) is 0 Å². The fourth-order valence-electron chi connectivity index (χ4n) is 1.89. The molecule has 1 aliphatic rings. The van der Waals surface area contributed by atoms with Gasteiger partial charge in [-0.1, -0.05) is 6.42 Å². The number of nitrogens with one attached hydrogen (secondary N) is 2. The van der Waals surface area contributed by atoms with Crippen LogP contribution in [0.4, 0.5) is 0 Å². The molecule has 0 radical (unpaired) electrons. The Morgan fingerprint density at radius 3 is 2.93 bits per heavy atom. The van der Waals surface area contributed by atoms with E-state index in [-0.39, 0.29) is 0 Å². The first kappa shape index (κ1) is 12.9. The van der Waals surface area contributed by atoms with Gasteiger partial charge in [-0.25, -0.2) is 0 Å². The van der Waals surface area contributed by atoms with E-state index in [1.165, 1.54) is 25.8 Å². The van der Waals surface area contributed by atoms with Crippen molar-refractivity contribution in [3.63, 3.8) is 0 Å². The second kappa shape index (κ2) is 8.08. The Labute approximate surface area is 94.0 Å². The van der Waals surface area contributed by atoms with Crippen LogP contribution in [0.3, 0.4) is 0 Å². The zero-order chi connectivity index (χ0) is 10.9. The quantitative estimate of drug-likeness (QED) is 0.631. The van der Waals surface area contributed by atoms with Gasteiger partial charge in [-0.05, 0) is 46.2 Å². The maximum atomic E-state index is 5.48. The summed E-state index contributed by atoms with van der Waals surface area (Å²) in [4.78, 5) is 0. The third-order valence-electron chi connectivity index (χ3n) is 2.75. The highest BCUT2D eigenvalue weighted by Gasteiger charge is 2.10. The smallest absolute Gasteiger partial charge is 0.0518 e. The van der Waals surface area contributed by atoms with Crippen molar-refractivity contribution < 1.29 is 4.74 Å². The van der Waals surface area contributed by atoms with Crippen LogP contribution in [0.15, 0.2) is 0 Å². The molecule has 1 heterocycles. The molecule has 0 bridgehead atoms. The molecule has 0 spiro atoms. The van der Waals surface area contributed by atoms with E-state index >= 15 is 0 Å². The Bertz CT molecular complexity index is 145. The highest BCUT2D eigenvalue weighted by atomic mass is 16.5. The second-order valence-corrected chi connectivity index (χ2v) is 4.62. The predicted molar refractivity (Wildman–Crippen MR) is 64.2 cm³/mol. The van der Waals surface area contributed by atoms with E-state index in [1.54, 1.807) is 0 Å². The van der Waals surface area contributed by atoms with Crippen LogP contribution in [-0.2, 0) is 4.74 Å². The minimum absolute atomic E-state index is 0.366. The molecule has 0 amide bonds. The van der Waals surface area contributed by atoms with Gasteiger partial charge in [0.2, 0.25) is 0 Å². The van der Waals surface area contributed by atoms with Crippen molar-refractivity contribution in [2.75, 3.05) is 26.2 Å². The second-order valence-electron chi connectivity index (χ2n) is 4.62. The molecule has 0 aromatic heterocycles. The number of ether oxygens (including phenoxy) is 1. The maximum Gasteiger partial charge on any atom is 0.0518 e. The summed E-state index contributed by atoms with van der Waals surface area (Å²) in [7, 11) is 0. The van der Waals surface area contributed by atoms with Gasteiger partial charge in [0.15, 0.2) is 0 Å². The normalized spacial score (nSPS) is 22.2. The largest absolute Gasteiger partial charge is 0.379 e. The van der Waals surface area contributed by atoms with E-state index in [0.717, 1.165) is 26.1 Å². The summed E-state index contributed by atoms with van der Waals surface area (Å²) in [5.41, 5.74) is 0. The van der Waals surface area contributed by atoms with Gasteiger partial charge in [0.1, 0.15) is 0 Å². The Balaban J connectivity index is 1.83. The summed E-state index contributed by atoms with van der Waals surface area (Å²) in [6.07, 6.45) is 5.54. The molecule has 15 heavy (non-hydrogen) atoms. The van der Waals surface area contributed by atoms with Gasteiger partial charge in [-0.3, -0.25) is 0 Å². The van der Waals surface area contributed by atoms with Gasteiger partial charge in [0, 0.05) is 19.2 Å². The average molecular weight is 214 g/mol. The van der Waals surface area contributed by atoms with E-state index < -0.39 is 0 Å². The number of hydrogen-bond donors (Lipinski definition) is 2. The average Bonchev–Trinajstić information content (AvgIpc) is 2.24. The van der Waals surface area contributed by atoms with E-state index in [4.69, 9.17) is 4.74 Å².